The second-order valence-corrected chi connectivity index (χ2v) is 8.30. The molecule has 1 unspecified atom stereocenters. The molecule has 1 aromatic carbocycles. The summed E-state index contributed by atoms with van der Waals surface area (Å²) in [4.78, 5) is 29.4. The van der Waals surface area contributed by atoms with Crippen LogP contribution in [0.4, 0.5) is 4.79 Å². The molecule has 1 saturated heterocycles. The quantitative estimate of drug-likeness (QED) is 0.789. The van der Waals surface area contributed by atoms with Crippen LogP contribution in [0, 0.1) is 0 Å². The van der Waals surface area contributed by atoms with E-state index in [1.807, 2.05) is 24.3 Å². The van der Waals surface area contributed by atoms with Crippen LogP contribution in [0.2, 0.25) is 5.02 Å². The summed E-state index contributed by atoms with van der Waals surface area (Å²) in [5.41, 5.74) is 0.388. The lowest BCUT2D eigenvalue weighted by Crippen LogP contribution is -2.49. The molecule has 1 heterocycles. The molecular formula is C20H26ClN3O2. The van der Waals surface area contributed by atoms with Gasteiger partial charge in [-0.1, -0.05) is 49.1 Å². The van der Waals surface area contributed by atoms with Crippen molar-refractivity contribution in [2.75, 3.05) is 6.67 Å². The first-order valence-electron chi connectivity index (χ1n) is 9.66. The number of nitrogens with zero attached hydrogens (tertiary/aromatic N) is 2. The van der Waals surface area contributed by atoms with E-state index in [0.29, 0.717) is 12.7 Å². The highest BCUT2D eigenvalue weighted by molar-refractivity contribution is 6.31. The Morgan fingerprint density at radius 1 is 1.23 bits per heavy atom. The van der Waals surface area contributed by atoms with Crippen LogP contribution in [-0.2, 0) is 4.79 Å². The minimum Gasteiger partial charge on any atom is -0.323 e. The fourth-order valence-corrected chi connectivity index (χ4v) is 4.71. The summed E-state index contributed by atoms with van der Waals surface area (Å²) in [6.07, 6.45) is 6.87. The fourth-order valence-electron chi connectivity index (χ4n) is 4.42. The average Bonchev–Trinajstić information content (AvgIpc) is 3.44. The highest BCUT2D eigenvalue weighted by atomic mass is 35.5. The Morgan fingerprint density at radius 2 is 1.92 bits per heavy atom. The van der Waals surface area contributed by atoms with Gasteiger partial charge in [0.2, 0.25) is 0 Å². The van der Waals surface area contributed by atoms with Gasteiger partial charge in [0.1, 0.15) is 5.54 Å². The predicted octanol–water partition coefficient (Wildman–Crippen LogP) is 4.08. The van der Waals surface area contributed by atoms with Gasteiger partial charge < -0.3 is 5.32 Å². The van der Waals surface area contributed by atoms with Crippen LogP contribution in [0.5, 0.6) is 0 Å². The number of halogens is 1. The number of hydrogen-bond donors (Lipinski definition) is 1. The molecule has 1 atom stereocenters. The van der Waals surface area contributed by atoms with E-state index >= 15 is 0 Å². The van der Waals surface area contributed by atoms with Gasteiger partial charge in [0.25, 0.3) is 5.91 Å². The molecule has 0 bridgehead atoms. The molecule has 4 rings (SSSR count). The minimum atomic E-state index is -0.655. The Kier molecular flexibility index (Phi) is 4.70. The first-order valence-corrected chi connectivity index (χ1v) is 10.0. The van der Waals surface area contributed by atoms with E-state index in [2.05, 4.69) is 17.1 Å². The van der Waals surface area contributed by atoms with Crippen LogP contribution in [-0.4, -0.2) is 40.0 Å². The molecule has 26 heavy (non-hydrogen) atoms. The molecule has 0 radical (unpaired) electrons. The van der Waals surface area contributed by atoms with Crippen LogP contribution in [0.1, 0.15) is 63.5 Å². The van der Waals surface area contributed by atoms with Gasteiger partial charge in [0.05, 0.1) is 6.67 Å². The molecule has 5 nitrogen and oxygen atoms in total. The normalized spacial score (nSPS) is 23.6. The summed E-state index contributed by atoms with van der Waals surface area (Å²) < 4.78 is 0. The third-order valence-electron chi connectivity index (χ3n) is 6.13. The summed E-state index contributed by atoms with van der Waals surface area (Å²) in [6, 6.07) is 8.04. The molecule has 6 heteroatoms. The van der Waals surface area contributed by atoms with E-state index in [4.69, 9.17) is 11.6 Å². The summed E-state index contributed by atoms with van der Waals surface area (Å²) in [7, 11) is 0. The maximum absolute atomic E-state index is 13.1. The summed E-state index contributed by atoms with van der Waals surface area (Å²) >= 11 is 6.39. The van der Waals surface area contributed by atoms with E-state index in [1.54, 1.807) is 0 Å². The van der Waals surface area contributed by atoms with Crippen LogP contribution in [0.15, 0.2) is 24.3 Å². The zero-order valence-corrected chi connectivity index (χ0v) is 16.0. The number of rotatable bonds is 5. The van der Waals surface area contributed by atoms with Gasteiger partial charge in [-0.25, -0.2) is 9.69 Å². The lowest BCUT2D eigenvalue weighted by atomic mass is 9.82. The first kappa shape index (κ1) is 17.8. The molecule has 0 aromatic heterocycles. The van der Waals surface area contributed by atoms with Crippen molar-refractivity contribution in [2.24, 2.45) is 0 Å². The highest BCUT2D eigenvalue weighted by Gasteiger charge is 2.52. The van der Waals surface area contributed by atoms with Crippen LogP contribution >= 0.6 is 11.6 Å². The van der Waals surface area contributed by atoms with Gasteiger partial charge in [-0.2, -0.15) is 0 Å². The summed E-state index contributed by atoms with van der Waals surface area (Å²) in [5, 5.41) is 3.74. The Hall–Kier alpha value is -1.59. The Labute approximate surface area is 159 Å². The molecule has 1 aromatic rings. The number of carbonyl (C=O) groups excluding carboxylic acids is 2. The summed E-state index contributed by atoms with van der Waals surface area (Å²) in [6.45, 7) is 2.44. The smallest absolute Gasteiger partial charge is 0.323 e. The van der Waals surface area contributed by atoms with Gasteiger partial charge in [-0.3, -0.25) is 9.69 Å². The second kappa shape index (κ2) is 6.86. The van der Waals surface area contributed by atoms with E-state index in [-0.39, 0.29) is 18.0 Å². The third-order valence-corrected chi connectivity index (χ3v) is 6.47. The molecule has 3 fully saturated rings. The van der Waals surface area contributed by atoms with E-state index < -0.39 is 5.54 Å². The molecule has 3 amide bonds. The average molecular weight is 376 g/mol. The maximum Gasteiger partial charge on any atom is 0.326 e. The number of imide groups is 1. The van der Waals surface area contributed by atoms with Crippen molar-refractivity contribution in [1.82, 2.24) is 15.1 Å². The zero-order chi connectivity index (χ0) is 18.3. The number of carbonyl (C=O) groups is 2. The number of urea groups is 1. The maximum atomic E-state index is 13.1. The van der Waals surface area contributed by atoms with Crippen molar-refractivity contribution in [3.8, 4) is 0 Å². The van der Waals surface area contributed by atoms with Crippen molar-refractivity contribution in [2.45, 2.75) is 69.5 Å². The minimum absolute atomic E-state index is 0.0424. The van der Waals surface area contributed by atoms with Crippen LogP contribution in [0.3, 0.4) is 0 Å². The monoisotopic (exact) mass is 375 g/mol. The van der Waals surface area contributed by atoms with Gasteiger partial charge in [0, 0.05) is 17.1 Å². The fraction of sp³-hybridized carbons (Fsp3) is 0.600. The molecule has 2 aliphatic carbocycles. The van der Waals surface area contributed by atoms with E-state index in [1.165, 1.54) is 4.90 Å². The highest BCUT2D eigenvalue weighted by Crippen LogP contribution is 2.38. The lowest BCUT2D eigenvalue weighted by Gasteiger charge is -2.34. The van der Waals surface area contributed by atoms with Crippen molar-refractivity contribution in [3.05, 3.63) is 34.9 Å². The first-order chi connectivity index (χ1) is 12.5. The Bertz CT molecular complexity index is 713. The number of amides is 3. The molecule has 140 valence electrons. The standard InChI is InChI=1S/C20H26ClN3O2/c1-14(16-7-3-4-8-17(16)21)23(15-9-10-15)13-24-18(25)20(22-19(24)26)11-5-2-6-12-20/h3-4,7-8,14-15H,2,5-6,9-13H2,1H3,(H,22,26). The molecular weight excluding hydrogens is 350 g/mol. The predicted molar refractivity (Wildman–Crippen MR) is 101 cm³/mol. The molecule has 1 aliphatic heterocycles. The molecule has 3 aliphatic rings. The third kappa shape index (κ3) is 3.12. The van der Waals surface area contributed by atoms with Gasteiger partial charge in [-0.15, -0.1) is 0 Å². The largest absolute Gasteiger partial charge is 0.326 e. The number of nitrogens with one attached hydrogen (secondary N) is 1. The van der Waals surface area contributed by atoms with Crippen LogP contribution < -0.4 is 5.32 Å². The molecule has 1 N–H and O–H groups in total. The number of hydrogen-bond acceptors (Lipinski definition) is 3. The zero-order valence-electron chi connectivity index (χ0n) is 15.2. The van der Waals surface area contributed by atoms with Gasteiger partial charge >= 0.3 is 6.03 Å². The lowest BCUT2D eigenvalue weighted by molar-refractivity contribution is -0.134. The van der Waals surface area contributed by atoms with Gasteiger partial charge in [-0.05, 0) is 44.2 Å². The molecule has 1 spiro atoms. The van der Waals surface area contributed by atoms with Crippen molar-refractivity contribution in [3.63, 3.8) is 0 Å². The molecule has 2 saturated carbocycles. The van der Waals surface area contributed by atoms with Crippen molar-refractivity contribution in [1.29, 1.82) is 0 Å². The summed E-state index contributed by atoms with van der Waals surface area (Å²) in [5.74, 6) is -0.0424. The number of benzene rings is 1. The topological polar surface area (TPSA) is 52.6 Å². The van der Waals surface area contributed by atoms with E-state index in [9.17, 15) is 9.59 Å². The Balaban J connectivity index is 1.55. The van der Waals surface area contributed by atoms with Crippen LogP contribution in [0.25, 0.3) is 0 Å². The second-order valence-electron chi connectivity index (χ2n) is 7.89. The SMILES string of the molecule is CC(c1ccccc1Cl)N(CN1C(=O)NC2(CCCCC2)C1=O)C1CC1. The van der Waals surface area contributed by atoms with Gasteiger partial charge in [0.15, 0.2) is 0 Å². The van der Waals surface area contributed by atoms with Crippen molar-refractivity contribution >= 4 is 23.5 Å². The van der Waals surface area contributed by atoms with E-state index in [0.717, 1.165) is 55.5 Å². The Morgan fingerprint density at radius 3 is 2.58 bits per heavy atom. The van der Waals surface area contributed by atoms with Crippen molar-refractivity contribution < 1.29 is 9.59 Å².